The summed E-state index contributed by atoms with van der Waals surface area (Å²) in [5.74, 6) is -2.54. The van der Waals surface area contributed by atoms with E-state index in [0.717, 1.165) is 49.5 Å². The molecule has 0 aliphatic heterocycles. The number of hydrogen-bond acceptors (Lipinski definition) is 9. The van der Waals surface area contributed by atoms with Gasteiger partial charge in [0.1, 0.15) is 0 Å². The molecule has 2 aromatic heterocycles. The predicted molar refractivity (Wildman–Crippen MR) is 210 cm³/mol. The van der Waals surface area contributed by atoms with Crippen LogP contribution < -0.4 is 11.1 Å². The first-order valence-corrected chi connectivity index (χ1v) is 18.1. The van der Waals surface area contributed by atoms with E-state index in [0.29, 0.717) is 18.5 Å². The Hall–Kier alpha value is -6.62. The summed E-state index contributed by atoms with van der Waals surface area (Å²) >= 11 is 0. The highest BCUT2D eigenvalue weighted by Crippen LogP contribution is 2.40. The van der Waals surface area contributed by atoms with E-state index in [1.54, 1.807) is 32.4 Å². The maximum Gasteiger partial charge on any atom is 0.324 e. The van der Waals surface area contributed by atoms with Gasteiger partial charge in [0, 0.05) is 57.7 Å². The molecule has 0 atom stereocenters. The van der Waals surface area contributed by atoms with Crippen molar-refractivity contribution in [2.45, 2.75) is 39.5 Å². The third-order valence-electron chi connectivity index (χ3n) is 10.0. The standard InChI is InChI=1S/C22H20N2O3.C13H14O4.C9H8N2/c1-2-27-21(26)22(12-15-6-3-4-7-16(15)13-22)20(25)24-19-9-5-8-17-14-23-11-10-18(17)19;1-2-17-12(16)13(11(14)15)7-9-5-3-4-6-10(9)8-13;10-9-3-1-2-7-6-11-5-4-8(7)9/h3-11,14H,2,12-13H2,1H3,(H,24,25);3-6H,2,7-8H2,1H3,(H,14,15);1-6H,10H2. The topological polar surface area (TPSA) is 171 Å². The minimum Gasteiger partial charge on any atom is -0.480 e. The van der Waals surface area contributed by atoms with Crippen LogP contribution in [0.5, 0.6) is 0 Å². The van der Waals surface area contributed by atoms with E-state index in [1.807, 2.05) is 103 Å². The Morgan fingerprint density at radius 2 is 1.09 bits per heavy atom. The average molecular weight is 739 g/mol. The van der Waals surface area contributed by atoms with Gasteiger partial charge in [-0.05, 0) is 86.1 Å². The molecule has 55 heavy (non-hydrogen) atoms. The van der Waals surface area contributed by atoms with Gasteiger partial charge in [-0.15, -0.1) is 0 Å². The maximum atomic E-state index is 13.3. The summed E-state index contributed by atoms with van der Waals surface area (Å²) in [7, 11) is 0. The molecule has 0 fully saturated rings. The van der Waals surface area contributed by atoms with Gasteiger partial charge in [0.25, 0.3) is 0 Å². The Morgan fingerprint density at radius 1 is 0.636 bits per heavy atom. The molecule has 11 nitrogen and oxygen atoms in total. The van der Waals surface area contributed by atoms with E-state index in [1.165, 1.54) is 0 Å². The summed E-state index contributed by atoms with van der Waals surface area (Å²) in [5.41, 5.74) is 8.40. The Kier molecular flexibility index (Phi) is 11.5. The van der Waals surface area contributed by atoms with Crippen molar-refractivity contribution in [2.75, 3.05) is 24.3 Å². The molecular formula is C44H42N4O7. The Balaban J connectivity index is 0.000000156. The number of aliphatic carboxylic acids is 1. The van der Waals surface area contributed by atoms with Crippen molar-refractivity contribution in [2.24, 2.45) is 10.8 Å². The summed E-state index contributed by atoms with van der Waals surface area (Å²) in [6, 6.07) is 30.4. The molecule has 4 N–H and O–H groups in total. The van der Waals surface area contributed by atoms with Gasteiger partial charge in [-0.2, -0.15) is 0 Å². The number of nitrogens with one attached hydrogen (secondary N) is 1. The third-order valence-corrected chi connectivity index (χ3v) is 10.0. The zero-order valence-electron chi connectivity index (χ0n) is 30.7. The highest BCUT2D eigenvalue weighted by atomic mass is 16.5. The molecule has 4 aromatic carbocycles. The molecule has 0 radical (unpaired) electrons. The van der Waals surface area contributed by atoms with Crippen molar-refractivity contribution in [3.63, 3.8) is 0 Å². The van der Waals surface area contributed by atoms with Gasteiger partial charge in [0.15, 0.2) is 10.8 Å². The number of esters is 2. The van der Waals surface area contributed by atoms with Gasteiger partial charge in [0.2, 0.25) is 5.91 Å². The molecule has 2 heterocycles. The van der Waals surface area contributed by atoms with E-state index >= 15 is 0 Å². The molecule has 2 aliphatic carbocycles. The van der Waals surface area contributed by atoms with Crippen LogP contribution in [-0.4, -0.2) is 52.1 Å². The highest BCUT2D eigenvalue weighted by molar-refractivity contribution is 6.12. The third kappa shape index (κ3) is 7.87. The second-order valence-electron chi connectivity index (χ2n) is 13.5. The normalized spacial score (nSPS) is 14.2. The number of carboxylic acid groups (broad SMARTS) is 1. The van der Waals surface area contributed by atoms with Crippen molar-refractivity contribution in [1.82, 2.24) is 9.97 Å². The lowest BCUT2D eigenvalue weighted by Gasteiger charge is -2.25. The van der Waals surface area contributed by atoms with Gasteiger partial charge < -0.3 is 25.6 Å². The van der Waals surface area contributed by atoms with Gasteiger partial charge >= 0.3 is 17.9 Å². The summed E-state index contributed by atoms with van der Waals surface area (Å²) < 4.78 is 10.2. The number of ether oxygens (including phenoxy) is 2. The number of carbonyl (C=O) groups excluding carboxylic acids is 3. The summed E-state index contributed by atoms with van der Waals surface area (Å²) in [5, 5.41) is 16.3. The van der Waals surface area contributed by atoms with E-state index in [2.05, 4.69) is 15.3 Å². The molecule has 1 amide bonds. The maximum absolute atomic E-state index is 13.3. The lowest BCUT2D eigenvalue weighted by Crippen LogP contribution is -2.45. The molecule has 11 heteroatoms. The largest absolute Gasteiger partial charge is 0.480 e. The van der Waals surface area contributed by atoms with Crippen LogP contribution in [0.15, 0.2) is 122 Å². The number of benzene rings is 4. The zero-order valence-corrected chi connectivity index (χ0v) is 30.7. The number of nitrogens with two attached hydrogens (primary N) is 1. The number of amides is 1. The van der Waals surface area contributed by atoms with Crippen LogP contribution in [0.25, 0.3) is 21.5 Å². The van der Waals surface area contributed by atoms with Crippen molar-refractivity contribution in [3.05, 3.63) is 144 Å². The number of aromatic nitrogens is 2. The number of nitrogens with zero attached hydrogens (tertiary/aromatic N) is 2. The van der Waals surface area contributed by atoms with Crippen LogP contribution in [0, 0.1) is 10.8 Å². The van der Waals surface area contributed by atoms with E-state index < -0.39 is 28.7 Å². The van der Waals surface area contributed by atoms with Crippen LogP contribution >= 0.6 is 0 Å². The lowest BCUT2D eigenvalue weighted by atomic mass is 9.83. The SMILES string of the molecule is CCOC(=O)C1(C(=O)Nc2cccc3cnccc23)Cc2ccccc2C1.CCOC(=O)C1(C(=O)O)Cc2ccccc2C1.Nc1cccc2cnccc12. The Morgan fingerprint density at radius 3 is 1.58 bits per heavy atom. The summed E-state index contributed by atoms with van der Waals surface area (Å²) in [4.78, 5) is 57.6. The molecule has 280 valence electrons. The van der Waals surface area contributed by atoms with Crippen molar-refractivity contribution >= 4 is 56.7 Å². The smallest absolute Gasteiger partial charge is 0.324 e. The fourth-order valence-corrected chi connectivity index (χ4v) is 7.17. The number of carboxylic acids is 1. The number of fused-ring (bicyclic) bond motifs is 4. The zero-order chi connectivity index (χ0) is 39.0. The number of rotatable bonds is 7. The van der Waals surface area contributed by atoms with Crippen molar-refractivity contribution in [3.8, 4) is 0 Å². The highest BCUT2D eigenvalue weighted by Gasteiger charge is 2.52. The minimum absolute atomic E-state index is 0.199. The lowest BCUT2D eigenvalue weighted by molar-refractivity contribution is -0.168. The fourth-order valence-electron chi connectivity index (χ4n) is 7.17. The van der Waals surface area contributed by atoms with Crippen LogP contribution in [0.2, 0.25) is 0 Å². The summed E-state index contributed by atoms with van der Waals surface area (Å²) in [6.07, 6.45) is 8.13. The molecule has 0 saturated heterocycles. The Labute approximate surface area is 318 Å². The molecule has 6 aromatic rings. The molecule has 0 bridgehead atoms. The van der Waals surface area contributed by atoms with Crippen LogP contribution in [0.3, 0.4) is 0 Å². The first-order chi connectivity index (χ1) is 26.6. The van der Waals surface area contributed by atoms with E-state index in [-0.39, 0.29) is 32.0 Å². The molecule has 0 unspecified atom stereocenters. The van der Waals surface area contributed by atoms with Crippen LogP contribution in [0.1, 0.15) is 36.1 Å². The Bertz CT molecular complexity index is 2320. The van der Waals surface area contributed by atoms with Crippen LogP contribution in [-0.2, 0) is 54.3 Å². The van der Waals surface area contributed by atoms with E-state index in [4.69, 9.17) is 15.2 Å². The number of hydrogen-bond donors (Lipinski definition) is 3. The van der Waals surface area contributed by atoms with Gasteiger partial charge in [-0.3, -0.25) is 29.1 Å². The second-order valence-corrected chi connectivity index (χ2v) is 13.5. The number of pyridine rings is 2. The average Bonchev–Trinajstić information content (AvgIpc) is 3.81. The van der Waals surface area contributed by atoms with Crippen molar-refractivity contribution in [1.29, 1.82) is 0 Å². The number of anilines is 2. The van der Waals surface area contributed by atoms with Gasteiger partial charge in [-0.25, -0.2) is 0 Å². The van der Waals surface area contributed by atoms with Gasteiger partial charge in [0.05, 0.1) is 13.2 Å². The predicted octanol–water partition coefficient (Wildman–Crippen LogP) is 6.76. The summed E-state index contributed by atoms with van der Waals surface area (Å²) in [6.45, 7) is 3.87. The number of carbonyl (C=O) groups is 4. The molecule has 0 saturated carbocycles. The monoisotopic (exact) mass is 738 g/mol. The van der Waals surface area contributed by atoms with Gasteiger partial charge in [-0.1, -0.05) is 72.8 Å². The fraction of sp³-hybridized carbons (Fsp3) is 0.227. The minimum atomic E-state index is -1.43. The first kappa shape index (κ1) is 38.1. The quantitative estimate of drug-likeness (QED) is 0.0904. The molecule has 8 rings (SSSR count). The molecule has 0 spiro atoms. The first-order valence-electron chi connectivity index (χ1n) is 18.1. The van der Waals surface area contributed by atoms with Crippen LogP contribution in [0.4, 0.5) is 11.4 Å². The second kappa shape index (κ2) is 16.6. The van der Waals surface area contributed by atoms with Crippen molar-refractivity contribution < 1.29 is 33.8 Å². The van der Waals surface area contributed by atoms with E-state index in [9.17, 15) is 24.3 Å². The molecular weight excluding hydrogens is 697 g/mol. The molecule has 2 aliphatic rings. The number of nitrogen functional groups attached to an aromatic ring is 1.